The molecule has 0 fully saturated rings. The Morgan fingerprint density at radius 3 is 2.62 bits per heavy atom. The summed E-state index contributed by atoms with van der Waals surface area (Å²) in [7, 11) is 0. The molecule has 0 aliphatic heterocycles. The van der Waals surface area contributed by atoms with E-state index in [9.17, 15) is 19.7 Å². The average molecular weight is 393 g/mol. The van der Waals surface area contributed by atoms with Crippen molar-refractivity contribution in [2.75, 3.05) is 12.3 Å². The van der Waals surface area contributed by atoms with Crippen molar-refractivity contribution < 1.29 is 19.2 Å². The lowest BCUT2D eigenvalue weighted by Crippen LogP contribution is -2.31. The molecule has 29 heavy (non-hydrogen) atoms. The van der Waals surface area contributed by atoms with Crippen molar-refractivity contribution in [3.05, 3.63) is 81.9 Å². The van der Waals surface area contributed by atoms with Crippen molar-refractivity contribution in [2.45, 2.75) is 13.0 Å². The van der Waals surface area contributed by atoms with Crippen LogP contribution in [-0.4, -0.2) is 23.4 Å². The van der Waals surface area contributed by atoms with E-state index in [0.29, 0.717) is 0 Å². The fraction of sp³-hybridized carbons (Fsp3) is 0.143. The number of benzene rings is 3. The summed E-state index contributed by atoms with van der Waals surface area (Å²) in [6.45, 7) is 1.33. The molecule has 8 nitrogen and oxygen atoms in total. The lowest BCUT2D eigenvalue weighted by molar-refractivity contribution is -0.383. The molecule has 1 amide bonds. The van der Waals surface area contributed by atoms with Crippen LogP contribution >= 0.6 is 0 Å². The molecule has 8 heteroatoms. The normalized spacial score (nSPS) is 11.6. The summed E-state index contributed by atoms with van der Waals surface area (Å²) in [5.74, 6) is -1.33. The average Bonchev–Trinajstić information content (AvgIpc) is 2.71. The molecule has 0 aromatic heterocycles. The van der Waals surface area contributed by atoms with Crippen LogP contribution < -0.4 is 11.1 Å². The molecule has 0 saturated carbocycles. The van der Waals surface area contributed by atoms with Gasteiger partial charge in [-0.25, -0.2) is 4.79 Å². The van der Waals surface area contributed by atoms with Crippen molar-refractivity contribution in [1.82, 2.24) is 5.32 Å². The lowest BCUT2D eigenvalue weighted by atomic mass is 10.00. The summed E-state index contributed by atoms with van der Waals surface area (Å²) in [6.07, 6.45) is 0. The van der Waals surface area contributed by atoms with Gasteiger partial charge in [-0.15, -0.1) is 0 Å². The molecule has 3 rings (SSSR count). The quantitative estimate of drug-likeness (QED) is 0.286. The Hall–Kier alpha value is -3.94. The van der Waals surface area contributed by atoms with Crippen LogP contribution in [0.4, 0.5) is 11.4 Å². The van der Waals surface area contributed by atoms with Crippen molar-refractivity contribution >= 4 is 34.0 Å². The molecule has 0 unspecified atom stereocenters. The fourth-order valence-corrected chi connectivity index (χ4v) is 3.03. The zero-order chi connectivity index (χ0) is 21.0. The van der Waals surface area contributed by atoms with Crippen LogP contribution in [0.3, 0.4) is 0 Å². The third kappa shape index (κ3) is 4.49. The number of rotatable bonds is 6. The molecular formula is C21H19N3O5. The lowest BCUT2D eigenvalue weighted by Gasteiger charge is -2.16. The van der Waals surface area contributed by atoms with E-state index in [2.05, 4.69) is 5.32 Å². The van der Waals surface area contributed by atoms with Gasteiger partial charge in [-0.2, -0.15) is 0 Å². The first-order valence-electron chi connectivity index (χ1n) is 8.85. The number of nitrogens with one attached hydrogen (secondary N) is 1. The minimum absolute atomic E-state index is 0.0548. The number of nitrogens with two attached hydrogens (primary N) is 1. The van der Waals surface area contributed by atoms with E-state index in [1.54, 1.807) is 0 Å². The van der Waals surface area contributed by atoms with E-state index in [-0.39, 0.29) is 17.3 Å². The summed E-state index contributed by atoms with van der Waals surface area (Å²) in [4.78, 5) is 34.5. The third-order valence-electron chi connectivity index (χ3n) is 4.46. The summed E-state index contributed by atoms with van der Waals surface area (Å²) in [6, 6.07) is 16.9. The Kier molecular flexibility index (Phi) is 5.73. The molecule has 0 radical (unpaired) electrons. The van der Waals surface area contributed by atoms with Gasteiger partial charge in [0.05, 0.1) is 16.5 Å². The number of hydrogen-bond donors (Lipinski definition) is 2. The standard InChI is InChI=1S/C21H19N3O5/c1-13(16-8-4-6-14-5-2-3-7-17(14)16)23-20(25)12-29-21(26)15-9-10-18(22)19(11-15)24(27)28/h2-11,13H,12,22H2,1H3,(H,23,25)/t13-/m0/s1. The maximum absolute atomic E-state index is 12.2. The molecule has 0 aliphatic carbocycles. The number of ether oxygens (including phenoxy) is 1. The van der Waals surface area contributed by atoms with Crippen molar-refractivity contribution in [3.63, 3.8) is 0 Å². The largest absolute Gasteiger partial charge is 0.452 e. The molecule has 0 heterocycles. The number of anilines is 1. The van der Waals surface area contributed by atoms with E-state index < -0.39 is 29.1 Å². The number of amides is 1. The maximum atomic E-state index is 12.2. The smallest absolute Gasteiger partial charge is 0.338 e. The van der Waals surface area contributed by atoms with E-state index >= 15 is 0 Å². The summed E-state index contributed by atoms with van der Waals surface area (Å²) in [5.41, 5.74) is 5.93. The number of fused-ring (bicyclic) bond motifs is 1. The molecule has 148 valence electrons. The monoisotopic (exact) mass is 393 g/mol. The van der Waals surface area contributed by atoms with Gasteiger partial charge in [-0.1, -0.05) is 42.5 Å². The Bertz CT molecular complexity index is 1090. The van der Waals surface area contributed by atoms with E-state index in [1.807, 2.05) is 49.4 Å². The number of hydrogen-bond acceptors (Lipinski definition) is 6. The highest BCUT2D eigenvalue weighted by Crippen LogP contribution is 2.24. The first-order valence-corrected chi connectivity index (χ1v) is 8.85. The minimum atomic E-state index is -0.846. The van der Waals surface area contributed by atoms with Crippen LogP contribution in [0.15, 0.2) is 60.7 Å². The number of esters is 1. The second-order valence-corrected chi connectivity index (χ2v) is 6.46. The predicted octanol–water partition coefficient (Wildman–Crippen LogP) is 3.36. The van der Waals surface area contributed by atoms with Gasteiger partial charge in [-0.3, -0.25) is 14.9 Å². The Labute approximate surface area is 166 Å². The molecule has 3 aromatic carbocycles. The van der Waals surface area contributed by atoms with Gasteiger partial charge in [0.2, 0.25) is 0 Å². The molecule has 3 aromatic rings. The summed E-state index contributed by atoms with van der Waals surface area (Å²) >= 11 is 0. The predicted molar refractivity (Wildman–Crippen MR) is 108 cm³/mol. The van der Waals surface area contributed by atoms with E-state index in [0.717, 1.165) is 22.4 Å². The fourth-order valence-electron chi connectivity index (χ4n) is 3.03. The van der Waals surface area contributed by atoms with Crippen molar-refractivity contribution in [2.24, 2.45) is 0 Å². The van der Waals surface area contributed by atoms with Crippen LogP contribution in [0.1, 0.15) is 28.9 Å². The zero-order valence-electron chi connectivity index (χ0n) is 15.6. The molecular weight excluding hydrogens is 374 g/mol. The maximum Gasteiger partial charge on any atom is 0.338 e. The Morgan fingerprint density at radius 1 is 1.14 bits per heavy atom. The highest BCUT2D eigenvalue weighted by Gasteiger charge is 2.18. The second-order valence-electron chi connectivity index (χ2n) is 6.46. The number of carbonyl (C=O) groups is 2. The number of nitrogen functional groups attached to an aromatic ring is 1. The van der Waals surface area contributed by atoms with Crippen molar-refractivity contribution in [3.8, 4) is 0 Å². The zero-order valence-corrected chi connectivity index (χ0v) is 15.6. The van der Waals surface area contributed by atoms with Crippen LogP contribution in [0, 0.1) is 10.1 Å². The molecule has 0 spiro atoms. The summed E-state index contributed by atoms with van der Waals surface area (Å²) in [5, 5.41) is 15.8. The van der Waals surface area contributed by atoms with Gasteiger partial charge in [0.25, 0.3) is 11.6 Å². The molecule has 0 bridgehead atoms. The van der Waals surface area contributed by atoms with Crippen LogP contribution in [0.25, 0.3) is 10.8 Å². The third-order valence-corrected chi connectivity index (χ3v) is 4.46. The van der Waals surface area contributed by atoms with Crippen LogP contribution in [-0.2, 0) is 9.53 Å². The number of nitrogens with zero attached hydrogens (tertiary/aromatic N) is 1. The molecule has 0 saturated heterocycles. The van der Waals surface area contributed by atoms with Gasteiger partial charge < -0.3 is 15.8 Å². The minimum Gasteiger partial charge on any atom is -0.452 e. The number of nitro groups is 1. The number of carbonyl (C=O) groups excluding carboxylic acids is 2. The van der Waals surface area contributed by atoms with Gasteiger partial charge in [0.1, 0.15) is 5.69 Å². The topological polar surface area (TPSA) is 125 Å². The highest BCUT2D eigenvalue weighted by atomic mass is 16.6. The highest BCUT2D eigenvalue weighted by molar-refractivity contribution is 5.93. The number of nitro benzene ring substituents is 1. The molecule has 3 N–H and O–H groups in total. The SMILES string of the molecule is C[C@H](NC(=O)COC(=O)c1ccc(N)c([N+](=O)[O-])c1)c1cccc2ccccc12. The molecule has 0 aliphatic rings. The van der Waals surface area contributed by atoms with Gasteiger partial charge in [0.15, 0.2) is 6.61 Å². The van der Waals surface area contributed by atoms with Gasteiger partial charge >= 0.3 is 5.97 Å². The van der Waals surface area contributed by atoms with Crippen LogP contribution in [0.2, 0.25) is 0 Å². The first kappa shape index (κ1) is 19.8. The summed E-state index contributed by atoms with van der Waals surface area (Å²) < 4.78 is 4.97. The Morgan fingerprint density at radius 2 is 1.86 bits per heavy atom. The van der Waals surface area contributed by atoms with Gasteiger partial charge in [-0.05, 0) is 35.4 Å². The van der Waals surface area contributed by atoms with Gasteiger partial charge in [0, 0.05) is 6.07 Å². The van der Waals surface area contributed by atoms with E-state index in [4.69, 9.17) is 10.5 Å². The second kappa shape index (κ2) is 8.39. The van der Waals surface area contributed by atoms with Crippen LogP contribution in [0.5, 0.6) is 0 Å². The first-order chi connectivity index (χ1) is 13.9. The molecule has 1 atom stereocenters. The van der Waals surface area contributed by atoms with E-state index in [1.165, 1.54) is 12.1 Å². The van der Waals surface area contributed by atoms with Crippen molar-refractivity contribution in [1.29, 1.82) is 0 Å². The Balaban J connectivity index is 1.63.